The minimum Gasteiger partial charge on any atom is -0.493 e. The third-order valence-corrected chi connectivity index (χ3v) is 4.56. The van der Waals surface area contributed by atoms with Crippen molar-refractivity contribution < 1.29 is 19.4 Å². The van der Waals surface area contributed by atoms with Crippen molar-refractivity contribution in [1.82, 2.24) is 9.80 Å². The maximum atomic E-state index is 12.0. The Morgan fingerprint density at radius 3 is 2.41 bits per heavy atom. The molecule has 1 aliphatic heterocycles. The van der Waals surface area contributed by atoms with Gasteiger partial charge in [0.05, 0.1) is 13.2 Å². The zero-order valence-electron chi connectivity index (χ0n) is 15.2. The second-order valence-corrected chi connectivity index (χ2v) is 6.65. The van der Waals surface area contributed by atoms with Gasteiger partial charge in [0.1, 0.15) is 12.3 Å². The lowest BCUT2D eigenvalue weighted by atomic mass is 10.1. The normalized spacial score (nSPS) is 15.0. The van der Waals surface area contributed by atoms with E-state index in [-0.39, 0.29) is 19.0 Å². The summed E-state index contributed by atoms with van der Waals surface area (Å²) in [6.45, 7) is 2.45. The first-order valence-corrected chi connectivity index (χ1v) is 9.08. The van der Waals surface area contributed by atoms with Crippen LogP contribution in [0.3, 0.4) is 0 Å². The SMILES string of the molecule is O=C(O)CN1CCN(Cc2ccc(OCCc3ccccc3)cc2)CC1=O. The van der Waals surface area contributed by atoms with Gasteiger partial charge in [0, 0.05) is 26.1 Å². The Morgan fingerprint density at radius 2 is 1.74 bits per heavy atom. The summed E-state index contributed by atoms with van der Waals surface area (Å²) in [5, 5.41) is 8.82. The Kier molecular flexibility index (Phi) is 6.44. The molecule has 1 heterocycles. The van der Waals surface area contributed by atoms with E-state index in [1.807, 2.05) is 47.4 Å². The van der Waals surface area contributed by atoms with E-state index >= 15 is 0 Å². The van der Waals surface area contributed by atoms with Crippen molar-refractivity contribution in [2.75, 3.05) is 32.8 Å². The fourth-order valence-corrected chi connectivity index (χ4v) is 3.10. The maximum absolute atomic E-state index is 12.0. The van der Waals surface area contributed by atoms with Crippen LogP contribution in [0, 0.1) is 0 Å². The van der Waals surface area contributed by atoms with Crippen LogP contribution in [-0.2, 0) is 22.6 Å². The van der Waals surface area contributed by atoms with Crippen LogP contribution < -0.4 is 4.74 Å². The quantitative estimate of drug-likeness (QED) is 0.772. The molecule has 0 atom stereocenters. The molecule has 6 heteroatoms. The van der Waals surface area contributed by atoms with E-state index in [2.05, 4.69) is 12.1 Å². The number of hydrogen-bond donors (Lipinski definition) is 1. The van der Waals surface area contributed by atoms with Gasteiger partial charge in [-0.05, 0) is 23.3 Å². The second kappa shape index (κ2) is 9.19. The van der Waals surface area contributed by atoms with Gasteiger partial charge in [-0.15, -0.1) is 0 Å². The van der Waals surface area contributed by atoms with Crippen molar-refractivity contribution in [2.24, 2.45) is 0 Å². The van der Waals surface area contributed by atoms with Crippen LogP contribution in [0.15, 0.2) is 54.6 Å². The molecule has 0 spiro atoms. The van der Waals surface area contributed by atoms with Crippen molar-refractivity contribution in [3.05, 3.63) is 65.7 Å². The number of carboxylic acid groups (broad SMARTS) is 1. The molecule has 1 N–H and O–H groups in total. The summed E-state index contributed by atoms with van der Waals surface area (Å²) in [4.78, 5) is 26.2. The van der Waals surface area contributed by atoms with Gasteiger partial charge in [0.2, 0.25) is 5.91 Å². The average molecular weight is 368 g/mol. The van der Waals surface area contributed by atoms with Crippen molar-refractivity contribution in [1.29, 1.82) is 0 Å². The van der Waals surface area contributed by atoms with Crippen LogP contribution in [0.2, 0.25) is 0 Å². The zero-order chi connectivity index (χ0) is 19.1. The summed E-state index contributed by atoms with van der Waals surface area (Å²) in [6.07, 6.45) is 0.866. The predicted molar refractivity (Wildman–Crippen MR) is 102 cm³/mol. The number of nitrogens with zero attached hydrogens (tertiary/aromatic N) is 2. The van der Waals surface area contributed by atoms with E-state index in [9.17, 15) is 9.59 Å². The van der Waals surface area contributed by atoms with Gasteiger partial charge >= 0.3 is 5.97 Å². The summed E-state index contributed by atoms with van der Waals surface area (Å²) in [7, 11) is 0. The number of hydrogen-bond acceptors (Lipinski definition) is 4. The first kappa shape index (κ1) is 18.9. The molecular weight excluding hydrogens is 344 g/mol. The summed E-state index contributed by atoms with van der Waals surface area (Å²) in [5.41, 5.74) is 2.35. The largest absolute Gasteiger partial charge is 0.493 e. The van der Waals surface area contributed by atoms with E-state index in [0.717, 1.165) is 17.7 Å². The Labute approximate surface area is 159 Å². The first-order valence-electron chi connectivity index (χ1n) is 9.08. The number of ether oxygens (including phenoxy) is 1. The van der Waals surface area contributed by atoms with Crippen LogP contribution in [-0.4, -0.2) is 59.6 Å². The predicted octanol–water partition coefficient (Wildman–Crippen LogP) is 2.04. The molecule has 2 aromatic rings. The lowest BCUT2D eigenvalue weighted by molar-refractivity contribution is -0.147. The summed E-state index contributed by atoms with van der Waals surface area (Å²) in [6, 6.07) is 18.1. The third kappa shape index (κ3) is 5.82. The number of rotatable bonds is 8. The van der Waals surface area contributed by atoms with Crippen molar-refractivity contribution >= 4 is 11.9 Å². The number of carbonyl (C=O) groups excluding carboxylic acids is 1. The lowest BCUT2D eigenvalue weighted by Crippen LogP contribution is -2.51. The monoisotopic (exact) mass is 368 g/mol. The first-order chi connectivity index (χ1) is 13.1. The number of aliphatic carboxylic acids is 1. The molecule has 1 aliphatic rings. The topological polar surface area (TPSA) is 70.1 Å². The fraction of sp³-hybridized carbons (Fsp3) is 0.333. The highest BCUT2D eigenvalue weighted by Gasteiger charge is 2.25. The molecule has 1 fully saturated rings. The van der Waals surface area contributed by atoms with Gasteiger partial charge in [-0.2, -0.15) is 0 Å². The van der Waals surface area contributed by atoms with Gasteiger partial charge in [-0.25, -0.2) is 0 Å². The average Bonchev–Trinajstić information content (AvgIpc) is 2.66. The van der Waals surface area contributed by atoms with E-state index in [1.165, 1.54) is 10.5 Å². The molecule has 0 saturated carbocycles. The number of amides is 1. The summed E-state index contributed by atoms with van der Waals surface area (Å²) >= 11 is 0. The Balaban J connectivity index is 1.44. The molecule has 0 aliphatic carbocycles. The van der Waals surface area contributed by atoms with E-state index in [1.54, 1.807) is 0 Å². The summed E-state index contributed by atoms with van der Waals surface area (Å²) in [5.74, 6) is -0.277. The van der Waals surface area contributed by atoms with Crippen LogP contribution in [0.5, 0.6) is 5.75 Å². The van der Waals surface area contributed by atoms with Gasteiger partial charge in [-0.3, -0.25) is 14.5 Å². The molecule has 0 radical (unpaired) electrons. The Morgan fingerprint density at radius 1 is 1.00 bits per heavy atom. The minimum atomic E-state index is -0.973. The minimum absolute atomic E-state index is 0.135. The van der Waals surface area contributed by atoms with Crippen LogP contribution >= 0.6 is 0 Å². The third-order valence-electron chi connectivity index (χ3n) is 4.56. The van der Waals surface area contributed by atoms with Crippen LogP contribution in [0.25, 0.3) is 0 Å². The maximum Gasteiger partial charge on any atom is 0.323 e. The molecule has 0 bridgehead atoms. The standard InChI is InChI=1S/C21H24N2O4/c24-20-15-22(11-12-23(20)16-21(25)26)14-18-6-8-19(9-7-18)27-13-10-17-4-2-1-3-5-17/h1-9H,10-16H2,(H,25,26). The molecule has 142 valence electrons. The molecule has 2 aromatic carbocycles. The van der Waals surface area contributed by atoms with Crippen molar-refractivity contribution in [2.45, 2.75) is 13.0 Å². The van der Waals surface area contributed by atoms with Gasteiger partial charge in [0.25, 0.3) is 0 Å². The molecule has 27 heavy (non-hydrogen) atoms. The van der Waals surface area contributed by atoms with Gasteiger partial charge < -0.3 is 14.7 Å². The lowest BCUT2D eigenvalue weighted by Gasteiger charge is -2.33. The number of carboxylic acids is 1. The second-order valence-electron chi connectivity index (χ2n) is 6.65. The zero-order valence-corrected chi connectivity index (χ0v) is 15.2. The highest BCUT2D eigenvalue weighted by molar-refractivity contribution is 5.83. The van der Waals surface area contributed by atoms with Gasteiger partial charge in [0.15, 0.2) is 0 Å². The molecule has 0 aromatic heterocycles. The van der Waals surface area contributed by atoms with Crippen molar-refractivity contribution in [3.8, 4) is 5.75 Å². The number of benzene rings is 2. The van der Waals surface area contributed by atoms with E-state index in [4.69, 9.17) is 9.84 Å². The molecule has 6 nitrogen and oxygen atoms in total. The smallest absolute Gasteiger partial charge is 0.323 e. The van der Waals surface area contributed by atoms with Crippen molar-refractivity contribution in [3.63, 3.8) is 0 Å². The van der Waals surface area contributed by atoms with Gasteiger partial charge in [-0.1, -0.05) is 42.5 Å². The molecule has 1 amide bonds. The van der Waals surface area contributed by atoms with Crippen LogP contribution in [0.1, 0.15) is 11.1 Å². The number of piperazine rings is 1. The highest BCUT2D eigenvalue weighted by atomic mass is 16.5. The molecule has 1 saturated heterocycles. The highest BCUT2D eigenvalue weighted by Crippen LogP contribution is 2.15. The Hall–Kier alpha value is -2.86. The summed E-state index contributed by atoms with van der Waals surface area (Å²) < 4.78 is 5.79. The fourth-order valence-electron chi connectivity index (χ4n) is 3.10. The van der Waals surface area contributed by atoms with E-state index in [0.29, 0.717) is 26.2 Å². The Bertz CT molecular complexity index is 762. The molecule has 3 rings (SSSR count). The molecule has 0 unspecified atom stereocenters. The van der Waals surface area contributed by atoms with E-state index < -0.39 is 5.97 Å². The molecular formula is C21H24N2O4. The number of carbonyl (C=O) groups is 2. The van der Waals surface area contributed by atoms with Crippen LogP contribution in [0.4, 0.5) is 0 Å².